The minimum atomic E-state index is -1.15. The van der Waals surface area contributed by atoms with Crippen LogP contribution in [0.2, 0.25) is 0 Å². The molecule has 8 heteroatoms. The maximum absolute atomic E-state index is 12.5. The Bertz CT molecular complexity index is 727. The molecule has 0 saturated carbocycles. The van der Waals surface area contributed by atoms with Gasteiger partial charge >= 0.3 is 5.97 Å². The molecular weight excluding hydrogens is 346 g/mol. The van der Waals surface area contributed by atoms with Gasteiger partial charge in [-0.3, -0.25) is 4.79 Å². The molecule has 1 aliphatic heterocycles. The van der Waals surface area contributed by atoms with E-state index in [0.29, 0.717) is 17.5 Å². The van der Waals surface area contributed by atoms with Crippen LogP contribution in [0, 0.1) is 0 Å². The molecule has 1 atom stereocenters. The van der Waals surface area contributed by atoms with E-state index in [1.54, 1.807) is 12.1 Å². The highest BCUT2D eigenvalue weighted by Gasteiger charge is 2.21. The molecule has 1 aromatic carbocycles. The van der Waals surface area contributed by atoms with Crippen molar-refractivity contribution in [3.05, 3.63) is 47.8 Å². The number of amides is 1. The summed E-state index contributed by atoms with van der Waals surface area (Å²) in [7, 11) is 0. The van der Waals surface area contributed by atoms with Crippen LogP contribution in [0.5, 0.6) is 0 Å². The summed E-state index contributed by atoms with van der Waals surface area (Å²) in [5.74, 6) is 1.80. The highest BCUT2D eigenvalue weighted by molar-refractivity contribution is 8.06. The summed E-state index contributed by atoms with van der Waals surface area (Å²) >= 11 is 3.75. The quantitative estimate of drug-likeness (QED) is 0.847. The van der Waals surface area contributed by atoms with Crippen LogP contribution in [0.3, 0.4) is 0 Å². The molecule has 0 spiro atoms. The first kappa shape index (κ1) is 16.9. The van der Waals surface area contributed by atoms with E-state index >= 15 is 0 Å². The molecule has 2 heterocycles. The molecular formula is C16H17N3O3S2. The molecule has 1 aliphatic rings. The van der Waals surface area contributed by atoms with Crippen molar-refractivity contribution in [2.75, 3.05) is 23.8 Å². The van der Waals surface area contributed by atoms with Crippen molar-refractivity contribution in [2.24, 2.45) is 0 Å². The number of para-hydroxylation sites is 1. The van der Waals surface area contributed by atoms with Crippen molar-refractivity contribution in [2.45, 2.75) is 5.25 Å². The second-order valence-electron chi connectivity index (χ2n) is 5.25. The fourth-order valence-electron chi connectivity index (χ4n) is 2.36. The number of nitrogens with one attached hydrogen (secondary N) is 1. The Balaban J connectivity index is 1.80. The minimum absolute atomic E-state index is 0.147. The Morgan fingerprint density at radius 3 is 2.75 bits per heavy atom. The van der Waals surface area contributed by atoms with Crippen LogP contribution in [0.25, 0.3) is 5.69 Å². The van der Waals surface area contributed by atoms with Crippen molar-refractivity contribution < 1.29 is 14.7 Å². The number of carbonyl (C=O) groups is 2. The van der Waals surface area contributed by atoms with E-state index < -0.39 is 5.97 Å². The smallest absolute Gasteiger partial charge is 0.356 e. The van der Waals surface area contributed by atoms with Crippen LogP contribution in [-0.4, -0.2) is 55.8 Å². The molecule has 24 heavy (non-hydrogen) atoms. The number of hydrogen-bond donors (Lipinski definition) is 2. The molecule has 2 N–H and O–H groups in total. The summed E-state index contributed by atoms with van der Waals surface area (Å²) in [5, 5.41) is 16.5. The SMILES string of the molecule is O=C(O)c1cc(C(=O)NCC2CSCCS2)n(-c2ccccc2)n1. The zero-order valence-electron chi connectivity index (χ0n) is 12.8. The van der Waals surface area contributed by atoms with Gasteiger partial charge in [0.2, 0.25) is 0 Å². The Kier molecular flexibility index (Phi) is 5.47. The van der Waals surface area contributed by atoms with E-state index in [-0.39, 0.29) is 17.3 Å². The second-order valence-corrected chi connectivity index (χ2v) is 7.80. The maximum Gasteiger partial charge on any atom is 0.356 e. The molecule has 1 saturated heterocycles. The largest absolute Gasteiger partial charge is 0.476 e. The number of thioether (sulfide) groups is 2. The fourth-order valence-corrected chi connectivity index (χ4v) is 4.98. The van der Waals surface area contributed by atoms with Gasteiger partial charge in [0.15, 0.2) is 5.69 Å². The molecule has 1 unspecified atom stereocenters. The molecule has 126 valence electrons. The van der Waals surface area contributed by atoms with Crippen molar-refractivity contribution in [1.82, 2.24) is 15.1 Å². The van der Waals surface area contributed by atoms with Crippen LogP contribution in [0.4, 0.5) is 0 Å². The van der Waals surface area contributed by atoms with E-state index in [1.165, 1.54) is 10.7 Å². The van der Waals surface area contributed by atoms with Gasteiger partial charge in [-0.05, 0) is 12.1 Å². The number of aromatic carboxylic acids is 1. The first-order valence-corrected chi connectivity index (χ1v) is 9.72. The van der Waals surface area contributed by atoms with Gasteiger partial charge in [-0.2, -0.15) is 28.6 Å². The number of aromatic nitrogens is 2. The highest BCUT2D eigenvalue weighted by Crippen LogP contribution is 2.23. The summed E-state index contributed by atoms with van der Waals surface area (Å²) in [6, 6.07) is 10.4. The standard InChI is InChI=1S/C16H17N3O3S2/c20-15(17-9-12-10-23-6-7-24-12)14-8-13(16(21)22)18-19(14)11-4-2-1-3-5-11/h1-5,8,12H,6-7,9-10H2,(H,17,20)(H,21,22). The Morgan fingerprint density at radius 1 is 1.29 bits per heavy atom. The van der Waals surface area contributed by atoms with Crippen LogP contribution in [0.1, 0.15) is 21.0 Å². The lowest BCUT2D eigenvalue weighted by molar-refractivity contribution is 0.0689. The molecule has 0 bridgehead atoms. The van der Waals surface area contributed by atoms with Gasteiger partial charge < -0.3 is 10.4 Å². The van der Waals surface area contributed by atoms with E-state index in [4.69, 9.17) is 0 Å². The van der Waals surface area contributed by atoms with Crippen LogP contribution in [0.15, 0.2) is 36.4 Å². The van der Waals surface area contributed by atoms with Crippen molar-refractivity contribution >= 4 is 35.4 Å². The van der Waals surface area contributed by atoms with Gasteiger partial charge in [-0.25, -0.2) is 9.48 Å². The second kappa shape index (κ2) is 7.76. The van der Waals surface area contributed by atoms with Gasteiger partial charge in [-0.15, -0.1) is 0 Å². The number of carboxylic acids is 1. The molecule has 2 aromatic rings. The summed E-state index contributed by atoms with van der Waals surface area (Å²) in [6.07, 6.45) is 0. The predicted octanol–water partition coefficient (Wildman–Crippen LogP) is 2.15. The lowest BCUT2D eigenvalue weighted by Gasteiger charge is -2.21. The summed E-state index contributed by atoms with van der Waals surface area (Å²) in [4.78, 5) is 23.7. The third-order valence-electron chi connectivity index (χ3n) is 3.54. The number of benzene rings is 1. The number of carbonyl (C=O) groups excluding carboxylic acids is 1. The normalized spacial score (nSPS) is 17.4. The number of nitrogens with zero attached hydrogens (tertiary/aromatic N) is 2. The third kappa shape index (κ3) is 3.93. The number of hydrogen-bond acceptors (Lipinski definition) is 5. The molecule has 0 aliphatic carbocycles. The highest BCUT2D eigenvalue weighted by atomic mass is 32.2. The van der Waals surface area contributed by atoms with Gasteiger partial charge in [0, 0.05) is 35.1 Å². The summed E-state index contributed by atoms with van der Waals surface area (Å²) in [6.45, 7) is 0.568. The Morgan fingerprint density at radius 2 is 2.08 bits per heavy atom. The first-order valence-electron chi connectivity index (χ1n) is 7.51. The average Bonchev–Trinajstić information content (AvgIpc) is 3.07. The van der Waals surface area contributed by atoms with Crippen LogP contribution in [-0.2, 0) is 0 Å². The van der Waals surface area contributed by atoms with E-state index in [0.717, 1.165) is 17.3 Å². The lowest BCUT2D eigenvalue weighted by atomic mass is 10.3. The van der Waals surface area contributed by atoms with Gasteiger partial charge in [0.1, 0.15) is 5.69 Å². The van der Waals surface area contributed by atoms with Crippen molar-refractivity contribution in [3.8, 4) is 5.69 Å². The van der Waals surface area contributed by atoms with Crippen LogP contribution < -0.4 is 5.32 Å². The average molecular weight is 363 g/mol. The minimum Gasteiger partial charge on any atom is -0.476 e. The molecule has 1 aromatic heterocycles. The zero-order valence-corrected chi connectivity index (χ0v) is 14.5. The van der Waals surface area contributed by atoms with E-state index in [9.17, 15) is 14.7 Å². The number of carboxylic acid groups (broad SMARTS) is 1. The molecule has 1 fully saturated rings. The molecule has 6 nitrogen and oxygen atoms in total. The topological polar surface area (TPSA) is 84.2 Å². The predicted molar refractivity (Wildman–Crippen MR) is 96.4 cm³/mol. The summed E-state index contributed by atoms with van der Waals surface area (Å²) < 4.78 is 1.38. The van der Waals surface area contributed by atoms with Gasteiger partial charge in [-0.1, -0.05) is 18.2 Å². The van der Waals surface area contributed by atoms with E-state index in [2.05, 4.69) is 10.4 Å². The van der Waals surface area contributed by atoms with E-state index in [1.807, 2.05) is 41.7 Å². The lowest BCUT2D eigenvalue weighted by Crippen LogP contribution is -2.34. The monoisotopic (exact) mass is 363 g/mol. The van der Waals surface area contributed by atoms with Crippen molar-refractivity contribution in [3.63, 3.8) is 0 Å². The first-order chi connectivity index (χ1) is 11.6. The summed E-state index contributed by atoms with van der Waals surface area (Å²) in [5.41, 5.74) is 0.733. The Labute approximate surface area is 148 Å². The third-order valence-corrected chi connectivity index (χ3v) is 6.38. The van der Waals surface area contributed by atoms with Crippen molar-refractivity contribution in [1.29, 1.82) is 0 Å². The Hall–Kier alpha value is -1.93. The molecule has 0 radical (unpaired) electrons. The van der Waals surface area contributed by atoms with Gasteiger partial charge in [0.05, 0.1) is 5.69 Å². The zero-order chi connectivity index (χ0) is 16.9. The van der Waals surface area contributed by atoms with Crippen LogP contribution >= 0.6 is 23.5 Å². The molecule has 1 amide bonds. The number of rotatable bonds is 5. The molecule has 3 rings (SSSR count). The fraction of sp³-hybridized carbons (Fsp3) is 0.312. The van der Waals surface area contributed by atoms with Gasteiger partial charge in [0.25, 0.3) is 5.91 Å². The maximum atomic E-state index is 12.5.